The summed E-state index contributed by atoms with van der Waals surface area (Å²) >= 11 is 6.32. The Morgan fingerprint density at radius 2 is 2.19 bits per heavy atom. The van der Waals surface area contributed by atoms with E-state index >= 15 is 0 Å². The number of amides is 1. The first-order chi connectivity index (χ1) is 12.9. The fraction of sp³-hybridized carbons (Fsp3) is 0.300. The van der Waals surface area contributed by atoms with Gasteiger partial charge in [-0.25, -0.2) is 4.98 Å². The van der Waals surface area contributed by atoms with Crippen molar-refractivity contribution in [1.29, 1.82) is 0 Å². The Kier molecular flexibility index (Phi) is 4.52. The third kappa shape index (κ3) is 3.90. The molecule has 0 radical (unpaired) electrons. The van der Waals surface area contributed by atoms with Crippen LogP contribution in [0.2, 0.25) is 5.02 Å². The molecule has 0 spiro atoms. The van der Waals surface area contributed by atoms with Crippen molar-refractivity contribution in [1.82, 2.24) is 15.3 Å². The van der Waals surface area contributed by atoms with E-state index in [9.17, 15) is 9.18 Å². The number of hydrogen-bond acceptors (Lipinski definition) is 3. The Hall–Kier alpha value is -2.60. The minimum atomic E-state index is -0.528. The molecule has 140 valence electrons. The van der Waals surface area contributed by atoms with Gasteiger partial charge in [0, 0.05) is 39.8 Å². The molecule has 0 bridgehead atoms. The summed E-state index contributed by atoms with van der Waals surface area (Å²) in [6, 6.07) is 8.51. The number of aromatic amines is 1. The van der Waals surface area contributed by atoms with Crippen LogP contribution in [0.25, 0.3) is 10.9 Å². The van der Waals surface area contributed by atoms with Crippen LogP contribution in [-0.2, 0) is 17.9 Å². The van der Waals surface area contributed by atoms with E-state index in [0.29, 0.717) is 17.3 Å². The number of nitrogens with zero attached hydrogens (tertiary/aromatic N) is 1. The summed E-state index contributed by atoms with van der Waals surface area (Å²) in [6.07, 6.45) is 3.33. The average Bonchev–Trinajstić information content (AvgIpc) is 3.28. The molecule has 1 saturated carbocycles. The standard InChI is InChI=1S/C20H19ClFN3O2/c1-20(4-5-20)19(26)24-10-14-6-13-7-15(21)17(8-16(13)25-14)27-11-12-2-3-18(22)23-9-12/h2-3,6-9,25H,4-5,10-11H2,1H3,(H,24,26). The van der Waals surface area contributed by atoms with Gasteiger partial charge in [-0.15, -0.1) is 0 Å². The number of fused-ring (bicyclic) bond motifs is 1. The molecular weight excluding hydrogens is 369 g/mol. The first-order valence-electron chi connectivity index (χ1n) is 8.76. The maximum atomic E-state index is 12.9. The second-order valence-electron chi connectivity index (χ2n) is 7.19. The summed E-state index contributed by atoms with van der Waals surface area (Å²) in [5.74, 6) is 0.0902. The van der Waals surface area contributed by atoms with Crippen LogP contribution in [0.4, 0.5) is 4.39 Å². The number of nitrogens with one attached hydrogen (secondary N) is 2. The lowest BCUT2D eigenvalue weighted by molar-refractivity contribution is -0.125. The number of hydrogen-bond donors (Lipinski definition) is 2. The van der Waals surface area contributed by atoms with Crippen LogP contribution in [0.5, 0.6) is 5.75 Å². The van der Waals surface area contributed by atoms with Gasteiger partial charge in [0.15, 0.2) is 0 Å². The second kappa shape index (κ2) is 6.85. The van der Waals surface area contributed by atoms with E-state index in [-0.39, 0.29) is 17.9 Å². The van der Waals surface area contributed by atoms with Gasteiger partial charge in [0.05, 0.1) is 11.6 Å². The van der Waals surface area contributed by atoms with Gasteiger partial charge in [-0.2, -0.15) is 4.39 Å². The van der Waals surface area contributed by atoms with Crippen molar-refractivity contribution >= 4 is 28.4 Å². The molecule has 2 heterocycles. The molecule has 2 aromatic heterocycles. The van der Waals surface area contributed by atoms with E-state index in [1.807, 2.05) is 25.1 Å². The number of H-pyrrole nitrogens is 1. The molecule has 0 atom stereocenters. The van der Waals surface area contributed by atoms with Gasteiger partial charge in [-0.05, 0) is 37.1 Å². The predicted molar refractivity (Wildman–Crippen MR) is 101 cm³/mol. The molecule has 1 aliphatic rings. The minimum Gasteiger partial charge on any atom is -0.487 e. The molecule has 4 rings (SSSR count). The second-order valence-corrected chi connectivity index (χ2v) is 7.59. The minimum absolute atomic E-state index is 0.0936. The monoisotopic (exact) mass is 387 g/mol. The fourth-order valence-electron chi connectivity index (χ4n) is 2.86. The molecule has 5 nitrogen and oxygen atoms in total. The molecule has 0 saturated heterocycles. The van der Waals surface area contributed by atoms with Gasteiger partial charge < -0.3 is 15.0 Å². The van der Waals surface area contributed by atoms with Crippen molar-refractivity contribution < 1.29 is 13.9 Å². The zero-order chi connectivity index (χ0) is 19.0. The molecule has 0 aliphatic heterocycles. The number of pyridine rings is 1. The molecule has 0 unspecified atom stereocenters. The first kappa shape index (κ1) is 17.8. The molecule has 1 aliphatic carbocycles. The number of rotatable bonds is 6. The number of benzene rings is 1. The van der Waals surface area contributed by atoms with Gasteiger partial charge in [0.2, 0.25) is 11.9 Å². The van der Waals surface area contributed by atoms with Crippen molar-refractivity contribution in [3.63, 3.8) is 0 Å². The van der Waals surface area contributed by atoms with Crippen molar-refractivity contribution in [3.8, 4) is 5.75 Å². The number of carbonyl (C=O) groups is 1. The summed E-state index contributed by atoms with van der Waals surface area (Å²) in [6.45, 7) is 2.66. The zero-order valence-corrected chi connectivity index (χ0v) is 15.6. The average molecular weight is 388 g/mol. The lowest BCUT2D eigenvalue weighted by atomic mass is 10.1. The summed E-state index contributed by atoms with van der Waals surface area (Å²) < 4.78 is 18.6. The largest absolute Gasteiger partial charge is 0.487 e. The highest BCUT2D eigenvalue weighted by Gasteiger charge is 2.44. The van der Waals surface area contributed by atoms with Crippen molar-refractivity contribution in [3.05, 3.63) is 58.8 Å². The number of carbonyl (C=O) groups excluding carboxylic acids is 1. The first-order valence-corrected chi connectivity index (χ1v) is 9.13. The van der Waals surface area contributed by atoms with Crippen LogP contribution in [0.1, 0.15) is 31.0 Å². The maximum absolute atomic E-state index is 12.9. The van der Waals surface area contributed by atoms with Crippen LogP contribution < -0.4 is 10.1 Å². The Morgan fingerprint density at radius 3 is 2.89 bits per heavy atom. The zero-order valence-electron chi connectivity index (χ0n) is 14.8. The van der Waals surface area contributed by atoms with E-state index in [2.05, 4.69) is 15.3 Å². The summed E-state index contributed by atoms with van der Waals surface area (Å²) in [4.78, 5) is 19.0. The van der Waals surface area contributed by atoms with Crippen LogP contribution in [-0.4, -0.2) is 15.9 Å². The third-order valence-electron chi connectivity index (χ3n) is 4.90. The van der Waals surface area contributed by atoms with Crippen molar-refractivity contribution in [2.24, 2.45) is 5.41 Å². The van der Waals surface area contributed by atoms with E-state index in [0.717, 1.165) is 35.0 Å². The lowest BCUT2D eigenvalue weighted by Crippen LogP contribution is -2.29. The molecule has 1 aromatic carbocycles. The van der Waals surface area contributed by atoms with E-state index in [1.165, 1.54) is 12.3 Å². The topological polar surface area (TPSA) is 67.0 Å². The Balaban J connectivity index is 1.45. The van der Waals surface area contributed by atoms with Crippen LogP contribution >= 0.6 is 11.6 Å². The smallest absolute Gasteiger partial charge is 0.226 e. The van der Waals surface area contributed by atoms with Crippen molar-refractivity contribution in [2.45, 2.75) is 32.9 Å². The van der Waals surface area contributed by atoms with E-state index < -0.39 is 5.95 Å². The normalized spacial score (nSPS) is 14.9. The Bertz CT molecular complexity index is 996. The number of ether oxygens (including phenoxy) is 1. The van der Waals surface area contributed by atoms with Gasteiger partial charge >= 0.3 is 0 Å². The van der Waals surface area contributed by atoms with E-state index in [1.54, 1.807) is 6.07 Å². The van der Waals surface area contributed by atoms with E-state index in [4.69, 9.17) is 16.3 Å². The van der Waals surface area contributed by atoms with Gasteiger partial charge in [0.1, 0.15) is 12.4 Å². The van der Waals surface area contributed by atoms with Gasteiger partial charge in [0.25, 0.3) is 0 Å². The lowest BCUT2D eigenvalue weighted by Gasteiger charge is -2.08. The summed E-state index contributed by atoms with van der Waals surface area (Å²) in [5, 5.41) is 4.40. The van der Waals surface area contributed by atoms with Crippen LogP contribution in [0.15, 0.2) is 36.5 Å². The van der Waals surface area contributed by atoms with Crippen LogP contribution in [0.3, 0.4) is 0 Å². The predicted octanol–water partition coefficient (Wildman–Crippen LogP) is 4.35. The highest BCUT2D eigenvalue weighted by atomic mass is 35.5. The highest BCUT2D eigenvalue weighted by molar-refractivity contribution is 6.32. The molecule has 27 heavy (non-hydrogen) atoms. The van der Waals surface area contributed by atoms with Gasteiger partial charge in [-0.3, -0.25) is 4.79 Å². The van der Waals surface area contributed by atoms with Crippen LogP contribution in [0, 0.1) is 11.4 Å². The molecule has 2 N–H and O–H groups in total. The SMILES string of the molecule is CC1(C(=O)NCc2cc3cc(Cl)c(OCc4ccc(F)nc4)cc3[nH]2)CC1. The number of halogens is 2. The Morgan fingerprint density at radius 1 is 1.37 bits per heavy atom. The number of aromatic nitrogens is 2. The molecule has 7 heteroatoms. The van der Waals surface area contributed by atoms with Gasteiger partial charge in [-0.1, -0.05) is 18.5 Å². The molecule has 1 amide bonds. The molecule has 3 aromatic rings. The fourth-order valence-corrected chi connectivity index (χ4v) is 3.08. The molecular formula is C20H19ClFN3O2. The molecule has 1 fully saturated rings. The summed E-state index contributed by atoms with van der Waals surface area (Å²) in [5.41, 5.74) is 2.33. The Labute approximate surface area is 160 Å². The maximum Gasteiger partial charge on any atom is 0.226 e. The quantitative estimate of drug-likeness (QED) is 0.618. The summed E-state index contributed by atoms with van der Waals surface area (Å²) in [7, 11) is 0. The van der Waals surface area contributed by atoms with Crippen molar-refractivity contribution in [2.75, 3.05) is 0 Å². The highest BCUT2D eigenvalue weighted by Crippen LogP contribution is 2.45. The third-order valence-corrected chi connectivity index (χ3v) is 5.19.